The van der Waals surface area contributed by atoms with Crippen molar-refractivity contribution in [2.24, 2.45) is 0 Å². The maximum atomic E-state index is 12.0. The van der Waals surface area contributed by atoms with Crippen LogP contribution in [0.3, 0.4) is 0 Å². The number of halogens is 2. The fourth-order valence-corrected chi connectivity index (χ4v) is 1.18. The Kier molecular flexibility index (Phi) is 7.51. The van der Waals surface area contributed by atoms with Crippen LogP contribution >= 0.6 is 0 Å². The van der Waals surface area contributed by atoms with Crippen LogP contribution in [0.15, 0.2) is 0 Å². The van der Waals surface area contributed by atoms with E-state index in [2.05, 4.69) is 0 Å². The summed E-state index contributed by atoms with van der Waals surface area (Å²) in [6.07, 6.45) is -1.41. The molecule has 5 heteroatoms. The molecular formula is C9H17F2NO2. The average molecular weight is 209 g/mol. The molecule has 0 aromatic heterocycles. The van der Waals surface area contributed by atoms with Gasteiger partial charge in [-0.1, -0.05) is 0 Å². The lowest BCUT2D eigenvalue weighted by atomic mass is 10.2. The lowest BCUT2D eigenvalue weighted by Gasteiger charge is -2.20. The highest BCUT2D eigenvalue weighted by atomic mass is 19.3. The van der Waals surface area contributed by atoms with E-state index in [-0.39, 0.29) is 25.5 Å². The van der Waals surface area contributed by atoms with Gasteiger partial charge in [0.25, 0.3) is 6.43 Å². The molecule has 0 fully saturated rings. The molecule has 0 radical (unpaired) electrons. The van der Waals surface area contributed by atoms with Crippen molar-refractivity contribution in [3.63, 3.8) is 0 Å². The Morgan fingerprint density at radius 3 is 2.50 bits per heavy atom. The van der Waals surface area contributed by atoms with Gasteiger partial charge in [-0.2, -0.15) is 0 Å². The van der Waals surface area contributed by atoms with Crippen LogP contribution in [-0.2, 0) is 4.79 Å². The van der Waals surface area contributed by atoms with E-state index in [1.165, 1.54) is 11.8 Å². The maximum Gasteiger partial charge on any atom is 0.251 e. The largest absolute Gasteiger partial charge is 0.395 e. The Balaban J connectivity index is 3.66. The molecule has 0 aromatic carbocycles. The molecule has 0 aliphatic heterocycles. The van der Waals surface area contributed by atoms with Gasteiger partial charge in [0.15, 0.2) is 0 Å². The van der Waals surface area contributed by atoms with E-state index < -0.39 is 6.43 Å². The van der Waals surface area contributed by atoms with Crippen molar-refractivity contribution < 1.29 is 18.7 Å². The fourth-order valence-electron chi connectivity index (χ4n) is 1.18. The van der Waals surface area contributed by atoms with Crippen LogP contribution in [0.5, 0.6) is 0 Å². The molecule has 0 heterocycles. The number of alkyl halides is 2. The first-order valence-electron chi connectivity index (χ1n) is 4.67. The van der Waals surface area contributed by atoms with E-state index in [1.807, 2.05) is 0 Å². The van der Waals surface area contributed by atoms with Crippen molar-refractivity contribution in [2.45, 2.75) is 26.2 Å². The van der Waals surface area contributed by atoms with Gasteiger partial charge in [0, 0.05) is 13.0 Å². The molecule has 0 rings (SSSR count). The lowest BCUT2D eigenvalue weighted by Crippen LogP contribution is -2.32. The Morgan fingerprint density at radius 2 is 2.07 bits per heavy atom. The Morgan fingerprint density at radius 1 is 1.43 bits per heavy atom. The van der Waals surface area contributed by atoms with Crippen molar-refractivity contribution in [2.75, 3.05) is 26.2 Å². The second-order valence-electron chi connectivity index (χ2n) is 3.22. The summed E-state index contributed by atoms with van der Waals surface area (Å²) in [6.45, 7) is 1.68. The van der Waals surface area contributed by atoms with Crippen molar-refractivity contribution >= 4 is 5.78 Å². The lowest BCUT2D eigenvalue weighted by molar-refractivity contribution is -0.117. The molecule has 0 amide bonds. The first kappa shape index (κ1) is 13.4. The van der Waals surface area contributed by atoms with Crippen LogP contribution in [-0.4, -0.2) is 48.5 Å². The number of hydrogen-bond acceptors (Lipinski definition) is 3. The predicted molar refractivity (Wildman–Crippen MR) is 49.4 cm³/mol. The van der Waals surface area contributed by atoms with E-state index in [9.17, 15) is 13.6 Å². The number of hydrogen-bond donors (Lipinski definition) is 1. The van der Waals surface area contributed by atoms with Crippen LogP contribution in [0.4, 0.5) is 8.78 Å². The van der Waals surface area contributed by atoms with Crippen LogP contribution in [0.1, 0.15) is 19.8 Å². The summed E-state index contributed by atoms with van der Waals surface area (Å²) in [5.41, 5.74) is 0. The van der Waals surface area contributed by atoms with Crippen molar-refractivity contribution in [3.05, 3.63) is 0 Å². The summed E-state index contributed by atoms with van der Waals surface area (Å²) in [5, 5.41) is 8.60. The van der Waals surface area contributed by atoms with E-state index in [4.69, 9.17) is 5.11 Å². The fraction of sp³-hybridized carbons (Fsp3) is 0.889. The van der Waals surface area contributed by atoms with Gasteiger partial charge in [-0.15, -0.1) is 0 Å². The first-order valence-corrected chi connectivity index (χ1v) is 4.67. The van der Waals surface area contributed by atoms with Crippen molar-refractivity contribution in [3.8, 4) is 0 Å². The number of ketones is 1. The molecule has 84 valence electrons. The highest BCUT2D eigenvalue weighted by Gasteiger charge is 2.11. The first-order chi connectivity index (χ1) is 6.56. The third-order valence-corrected chi connectivity index (χ3v) is 1.82. The highest BCUT2D eigenvalue weighted by Crippen LogP contribution is 2.01. The topological polar surface area (TPSA) is 40.5 Å². The Bertz CT molecular complexity index is 165. The monoisotopic (exact) mass is 209 g/mol. The second kappa shape index (κ2) is 7.82. The molecule has 0 aliphatic rings. The number of aliphatic hydroxyl groups excluding tert-OH is 1. The van der Waals surface area contributed by atoms with Crippen molar-refractivity contribution in [1.82, 2.24) is 4.90 Å². The molecule has 0 saturated heterocycles. The molecule has 0 aliphatic carbocycles. The second-order valence-corrected chi connectivity index (χ2v) is 3.22. The average Bonchev–Trinajstić information content (AvgIpc) is 2.02. The minimum Gasteiger partial charge on any atom is -0.395 e. The normalized spacial score (nSPS) is 11.3. The van der Waals surface area contributed by atoms with Gasteiger partial charge in [0.1, 0.15) is 5.78 Å². The summed E-state index contributed by atoms with van der Waals surface area (Å²) in [4.78, 5) is 12.1. The molecule has 3 nitrogen and oxygen atoms in total. The molecule has 0 unspecified atom stereocenters. The zero-order valence-electron chi connectivity index (χ0n) is 8.38. The third kappa shape index (κ3) is 8.07. The number of carbonyl (C=O) groups excluding carboxylic acids is 1. The van der Waals surface area contributed by atoms with Crippen molar-refractivity contribution in [1.29, 1.82) is 0 Å². The number of nitrogens with zero attached hydrogens (tertiary/aromatic N) is 1. The molecule has 14 heavy (non-hydrogen) atoms. The van der Waals surface area contributed by atoms with Gasteiger partial charge in [-0.3, -0.25) is 4.90 Å². The molecule has 0 atom stereocenters. The number of carbonyl (C=O) groups is 1. The smallest absolute Gasteiger partial charge is 0.251 e. The van der Waals surface area contributed by atoms with Gasteiger partial charge in [-0.05, 0) is 19.9 Å². The Hall–Kier alpha value is -0.550. The molecule has 1 N–H and O–H groups in total. The van der Waals surface area contributed by atoms with Gasteiger partial charge in [0.2, 0.25) is 0 Å². The van der Waals surface area contributed by atoms with Crippen LogP contribution in [0.25, 0.3) is 0 Å². The molecule has 0 spiro atoms. The zero-order chi connectivity index (χ0) is 11.0. The van der Waals surface area contributed by atoms with Crippen LogP contribution in [0, 0.1) is 0 Å². The summed E-state index contributed by atoms with van der Waals surface area (Å²) < 4.78 is 24.0. The summed E-state index contributed by atoms with van der Waals surface area (Å²) in [7, 11) is 0. The molecule has 0 aromatic rings. The number of rotatable bonds is 8. The van der Waals surface area contributed by atoms with Crippen LogP contribution in [0.2, 0.25) is 0 Å². The van der Waals surface area contributed by atoms with Crippen LogP contribution < -0.4 is 0 Å². The quantitative estimate of drug-likeness (QED) is 0.646. The summed E-state index contributed by atoms with van der Waals surface area (Å²) >= 11 is 0. The highest BCUT2D eigenvalue weighted by molar-refractivity contribution is 5.75. The summed E-state index contributed by atoms with van der Waals surface area (Å²) in [6, 6.07) is 0. The minimum absolute atomic E-state index is 0.0611. The van der Waals surface area contributed by atoms with Gasteiger partial charge < -0.3 is 9.90 Å². The van der Waals surface area contributed by atoms with E-state index in [0.29, 0.717) is 19.4 Å². The third-order valence-electron chi connectivity index (χ3n) is 1.82. The predicted octanol–water partition coefficient (Wildman–Crippen LogP) is 0.915. The zero-order valence-corrected chi connectivity index (χ0v) is 8.38. The molecule has 0 bridgehead atoms. The molecular weight excluding hydrogens is 192 g/mol. The Labute approximate surface area is 82.7 Å². The SMILES string of the molecule is CC(=O)CCCN(CCO)CC(F)F. The maximum absolute atomic E-state index is 12.0. The van der Waals surface area contributed by atoms with Gasteiger partial charge in [-0.25, -0.2) is 8.78 Å². The van der Waals surface area contributed by atoms with Gasteiger partial charge >= 0.3 is 0 Å². The standard InChI is InChI=1S/C9H17F2NO2/c1-8(14)3-2-4-12(5-6-13)7-9(10)11/h9,13H,2-7H2,1H3. The van der Waals surface area contributed by atoms with E-state index in [1.54, 1.807) is 0 Å². The number of aliphatic hydroxyl groups is 1. The van der Waals surface area contributed by atoms with Gasteiger partial charge in [0.05, 0.1) is 13.2 Å². The number of Topliss-reactive ketones (excluding diaryl/α,β-unsaturated/α-hetero) is 1. The van der Waals surface area contributed by atoms with E-state index >= 15 is 0 Å². The summed E-state index contributed by atoms with van der Waals surface area (Å²) in [5.74, 6) is 0.0611. The van der Waals surface area contributed by atoms with E-state index in [0.717, 1.165) is 0 Å². The molecule has 0 saturated carbocycles. The minimum atomic E-state index is -2.39.